The summed E-state index contributed by atoms with van der Waals surface area (Å²) in [5.74, 6) is 0.154. The molecule has 1 amide bonds. The molecule has 0 saturated heterocycles. The predicted molar refractivity (Wildman–Crippen MR) is 138 cm³/mol. The lowest BCUT2D eigenvalue weighted by molar-refractivity contribution is -0.125. The zero-order chi connectivity index (χ0) is 22.9. The van der Waals surface area contributed by atoms with E-state index in [9.17, 15) is 4.79 Å². The highest BCUT2D eigenvalue weighted by molar-refractivity contribution is 5.93. The van der Waals surface area contributed by atoms with Gasteiger partial charge < -0.3 is 5.32 Å². The molecule has 0 aromatic heterocycles. The molecule has 0 radical (unpaired) electrons. The van der Waals surface area contributed by atoms with Crippen molar-refractivity contribution < 1.29 is 4.79 Å². The van der Waals surface area contributed by atoms with Crippen molar-refractivity contribution in [1.82, 2.24) is 5.32 Å². The Morgan fingerprint density at radius 3 is 2.15 bits per heavy atom. The van der Waals surface area contributed by atoms with E-state index < -0.39 is 5.41 Å². The molecular formula is C31H35NO. The zero-order valence-electron chi connectivity index (χ0n) is 19.7. The Morgan fingerprint density at radius 2 is 1.48 bits per heavy atom. The Hall–Kier alpha value is -3.13. The third-order valence-electron chi connectivity index (χ3n) is 6.90. The van der Waals surface area contributed by atoms with Gasteiger partial charge >= 0.3 is 0 Å². The van der Waals surface area contributed by atoms with Crippen molar-refractivity contribution in [2.75, 3.05) is 6.54 Å². The van der Waals surface area contributed by atoms with Crippen LogP contribution in [0.1, 0.15) is 66.8 Å². The van der Waals surface area contributed by atoms with Gasteiger partial charge in [0.05, 0.1) is 5.41 Å². The van der Waals surface area contributed by atoms with Gasteiger partial charge in [-0.1, -0.05) is 91.0 Å². The van der Waals surface area contributed by atoms with Crippen molar-refractivity contribution in [3.8, 4) is 0 Å². The summed E-state index contributed by atoms with van der Waals surface area (Å²) in [5, 5.41) is 3.34. The number of carbonyl (C=O) groups is 1. The van der Waals surface area contributed by atoms with Crippen molar-refractivity contribution in [1.29, 1.82) is 0 Å². The topological polar surface area (TPSA) is 29.1 Å². The molecule has 4 rings (SSSR count). The highest BCUT2D eigenvalue weighted by Crippen LogP contribution is 2.45. The second-order valence-corrected chi connectivity index (χ2v) is 9.06. The maximum Gasteiger partial charge on any atom is 0.235 e. The minimum absolute atomic E-state index is 0.154. The normalized spacial score (nSPS) is 14.0. The maximum atomic E-state index is 14.1. The van der Waals surface area contributed by atoms with Crippen molar-refractivity contribution in [3.05, 3.63) is 119 Å². The summed E-state index contributed by atoms with van der Waals surface area (Å²) >= 11 is 0. The predicted octanol–water partition coefficient (Wildman–Crippen LogP) is 6.76. The third-order valence-corrected chi connectivity index (χ3v) is 6.90. The van der Waals surface area contributed by atoms with Gasteiger partial charge in [-0.05, 0) is 79.7 Å². The van der Waals surface area contributed by atoms with Crippen LogP contribution >= 0.6 is 0 Å². The van der Waals surface area contributed by atoms with Gasteiger partial charge in [0.1, 0.15) is 0 Å². The number of rotatable bonds is 10. The average Bonchev–Trinajstić information content (AvgIpc) is 2.86. The van der Waals surface area contributed by atoms with Crippen LogP contribution in [0.4, 0.5) is 0 Å². The Bertz CT molecular complexity index is 1040. The van der Waals surface area contributed by atoms with Crippen LogP contribution in [-0.2, 0) is 23.1 Å². The van der Waals surface area contributed by atoms with Crippen LogP contribution in [-0.4, -0.2) is 12.5 Å². The molecule has 33 heavy (non-hydrogen) atoms. The molecule has 1 aliphatic carbocycles. The molecule has 170 valence electrons. The van der Waals surface area contributed by atoms with Crippen LogP contribution < -0.4 is 5.32 Å². The number of hydrogen-bond donors (Lipinski definition) is 1. The minimum atomic E-state index is -0.635. The summed E-state index contributed by atoms with van der Waals surface area (Å²) in [5.41, 5.74) is 5.61. The molecule has 0 atom stereocenters. The molecule has 0 bridgehead atoms. The lowest BCUT2D eigenvalue weighted by Gasteiger charge is -2.40. The van der Waals surface area contributed by atoms with Gasteiger partial charge in [0.25, 0.3) is 0 Å². The number of fused-ring (bicyclic) bond motifs is 2. The Labute approximate surface area is 198 Å². The van der Waals surface area contributed by atoms with Gasteiger partial charge in [0, 0.05) is 6.54 Å². The van der Waals surface area contributed by atoms with Crippen LogP contribution in [0.3, 0.4) is 0 Å². The molecule has 3 aromatic carbocycles. The molecule has 0 aliphatic heterocycles. The first-order chi connectivity index (χ1) is 16.3. The van der Waals surface area contributed by atoms with Crippen molar-refractivity contribution in [2.45, 2.75) is 57.3 Å². The van der Waals surface area contributed by atoms with E-state index in [4.69, 9.17) is 0 Å². The lowest BCUT2D eigenvalue weighted by atomic mass is 9.63. The van der Waals surface area contributed by atoms with Crippen LogP contribution in [0, 0.1) is 0 Å². The summed E-state index contributed by atoms with van der Waals surface area (Å²) < 4.78 is 0. The molecule has 0 unspecified atom stereocenters. The number of unbranched alkanes of at least 4 members (excludes halogenated alkanes) is 2. The molecule has 2 heteroatoms. The summed E-state index contributed by atoms with van der Waals surface area (Å²) in [4.78, 5) is 14.1. The molecule has 0 heterocycles. The number of amides is 1. The van der Waals surface area contributed by atoms with Crippen LogP contribution in [0.25, 0.3) is 0 Å². The van der Waals surface area contributed by atoms with E-state index in [1.54, 1.807) is 0 Å². The van der Waals surface area contributed by atoms with E-state index in [2.05, 4.69) is 103 Å². The van der Waals surface area contributed by atoms with Crippen LogP contribution in [0.2, 0.25) is 0 Å². The summed E-state index contributed by atoms with van der Waals surface area (Å²) in [6.45, 7) is 2.78. The van der Waals surface area contributed by atoms with Crippen molar-refractivity contribution >= 4 is 5.91 Å². The largest absolute Gasteiger partial charge is 0.355 e. The first-order valence-corrected chi connectivity index (χ1v) is 12.4. The number of benzene rings is 3. The SMILES string of the molecule is C/C=C\CCCCNC(=O)C1(CCCc2ccccc2)c2ccccc2Cc2ccccc21. The molecular weight excluding hydrogens is 402 g/mol. The fourth-order valence-corrected chi connectivity index (χ4v) is 5.27. The van der Waals surface area contributed by atoms with E-state index in [0.29, 0.717) is 0 Å². The Morgan fingerprint density at radius 1 is 0.848 bits per heavy atom. The van der Waals surface area contributed by atoms with Gasteiger partial charge in [0.2, 0.25) is 5.91 Å². The molecule has 3 aromatic rings. The third kappa shape index (κ3) is 5.11. The molecule has 1 N–H and O–H groups in total. The monoisotopic (exact) mass is 437 g/mol. The fourth-order valence-electron chi connectivity index (χ4n) is 5.27. The fraction of sp³-hybridized carbons (Fsp3) is 0.323. The second kappa shape index (κ2) is 11.1. The van der Waals surface area contributed by atoms with Crippen LogP contribution in [0.15, 0.2) is 91.0 Å². The first kappa shape index (κ1) is 23.0. The molecule has 0 spiro atoms. The van der Waals surface area contributed by atoms with E-state index in [-0.39, 0.29) is 5.91 Å². The zero-order valence-corrected chi connectivity index (χ0v) is 19.7. The summed E-state index contributed by atoms with van der Waals surface area (Å²) in [6, 6.07) is 27.7. The number of carbonyl (C=O) groups excluding carboxylic acids is 1. The van der Waals surface area contributed by atoms with Gasteiger partial charge in [-0.25, -0.2) is 0 Å². The number of allylic oxidation sites excluding steroid dienone is 2. The number of aryl methyl sites for hydroxylation is 1. The highest BCUT2D eigenvalue weighted by atomic mass is 16.2. The number of nitrogens with one attached hydrogen (secondary N) is 1. The van der Waals surface area contributed by atoms with Crippen LogP contribution in [0.5, 0.6) is 0 Å². The van der Waals surface area contributed by atoms with Crippen molar-refractivity contribution in [3.63, 3.8) is 0 Å². The standard InChI is InChI=1S/C31H35NO/c1-2-3-4-5-13-23-32-30(33)31(22-14-17-25-15-7-6-8-16-25)28-20-11-9-18-26(28)24-27-19-10-12-21-29(27)31/h2-3,6-12,15-16,18-21H,4-5,13-14,17,22-24H2,1H3,(H,32,33)/b3-2-. The van der Waals surface area contributed by atoms with Gasteiger partial charge in [-0.2, -0.15) is 0 Å². The first-order valence-electron chi connectivity index (χ1n) is 12.4. The quantitative estimate of drug-likeness (QED) is 0.275. The van der Waals surface area contributed by atoms with Gasteiger partial charge in [0.15, 0.2) is 0 Å². The lowest BCUT2D eigenvalue weighted by Crippen LogP contribution is -2.48. The maximum absolute atomic E-state index is 14.1. The highest BCUT2D eigenvalue weighted by Gasteiger charge is 2.45. The molecule has 0 fully saturated rings. The minimum Gasteiger partial charge on any atom is -0.355 e. The molecule has 2 nitrogen and oxygen atoms in total. The Balaban J connectivity index is 1.63. The van der Waals surface area contributed by atoms with E-state index in [1.807, 2.05) is 0 Å². The van der Waals surface area contributed by atoms with E-state index >= 15 is 0 Å². The summed E-state index contributed by atoms with van der Waals surface area (Å²) in [6.07, 6.45) is 11.1. The smallest absolute Gasteiger partial charge is 0.235 e. The average molecular weight is 438 g/mol. The summed E-state index contributed by atoms with van der Waals surface area (Å²) in [7, 11) is 0. The molecule has 1 aliphatic rings. The van der Waals surface area contributed by atoms with E-state index in [1.165, 1.54) is 27.8 Å². The Kier molecular flexibility index (Phi) is 7.78. The van der Waals surface area contributed by atoms with Gasteiger partial charge in [-0.15, -0.1) is 0 Å². The van der Waals surface area contributed by atoms with E-state index in [0.717, 1.165) is 51.5 Å². The van der Waals surface area contributed by atoms with Crippen molar-refractivity contribution in [2.24, 2.45) is 0 Å². The number of hydrogen-bond acceptors (Lipinski definition) is 1. The molecule has 0 saturated carbocycles. The second-order valence-electron chi connectivity index (χ2n) is 9.06. The van der Waals surface area contributed by atoms with Gasteiger partial charge in [-0.3, -0.25) is 4.79 Å².